The van der Waals surface area contributed by atoms with Gasteiger partial charge >= 0.3 is 15.6 Å². The van der Waals surface area contributed by atoms with Gasteiger partial charge in [0, 0.05) is 0 Å². The summed E-state index contributed by atoms with van der Waals surface area (Å²) in [5.41, 5.74) is 0. The maximum absolute atomic E-state index is 12.0. The summed E-state index contributed by atoms with van der Waals surface area (Å²) >= 11 is 0. The van der Waals surface area contributed by atoms with Crippen LogP contribution >= 0.6 is 15.6 Å². The van der Waals surface area contributed by atoms with Crippen molar-refractivity contribution in [1.82, 2.24) is 0 Å². The average molecular weight is 522 g/mol. The van der Waals surface area contributed by atoms with Crippen molar-refractivity contribution in [2.75, 3.05) is 26.4 Å². The number of fused-ring (bicyclic) bond motifs is 2. The molecule has 0 bridgehead atoms. The SMILES string of the molecule is O=P1(O)OC=COc2ccccc2OCCOP(=O)(O)OCCOC2CCCCC2OC=CO1. The van der Waals surface area contributed by atoms with Gasteiger partial charge in [0.2, 0.25) is 0 Å². The van der Waals surface area contributed by atoms with E-state index in [1.165, 1.54) is 0 Å². The lowest BCUT2D eigenvalue weighted by Gasteiger charge is -2.30. The van der Waals surface area contributed by atoms with Crippen LogP contribution in [0.25, 0.3) is 0 Å². The molecule has 1 heterocycles. The van der Waals surface area contributed by atoms with Crippen molar-refractivity contribution >= 4 is 15.6 Å². The van der Waals surface area contributed by atoms with Crippen molar-refractivity contribution in [3.63, 3.8) is 0 Å². The standard InChI is InChI=1S/C20H28O12P2/c21-33(22)29-13-9-25-17-5-1-2-6-18(17)26-10-14-30-34(23,24)32-16-12-28-20-8-4-3-7-19(20)27-11-15-31-33/h1-2,5-6,9,11,13,15,19-20H,3-4,7-8,10,12,14,16H2,(H,21,22)(H,23,24). The predicted octanol–water partition coefficient (Wildman–Crippen LogP) is 4.01. The highest BCUT2D eigenvalue weighted by molar-refractivity contribution is 7.47. The highest BCUT2D eigenvalue weighted by Crippen LogP contribution is 2.44. The Labute approximate surface area is 197 Å². The van der Waals surface area contributed by atoms with Crippen LogP contribution in [0, 0.1) is 0 Å². The molecule has 1 aromatic carbocycles. The number of hydrogen-bond acceptors (Lipinski definition) is 10. The van der Waals surface area contributed by atoms with Gasteiger partial charge in [0.05, 0.1) is 25.9 Å². The van der Waals surface area contributed by atoms with E-state index >= 15 is 0 Å². The summed E-state index contributed by atoms with van der Waals surface area (Å²) in [6.07, 6.45) is 6.60. The van der Waals surface area contributed by atoms with Crippen LogP contribution in [0.1, 0.15) is 25.7 Å². The summed E-state index contributed by atoms with van der Waals surface area (Å²) in [6.45, 7) is -0.410. The smallest absolute Gasteiger partial charge is 0.492 e. The van der Waals surface area contributed by atoms with Gasteiger partial charge in [-0.05, 0) is 31.4 Å². The van der Waals surface area contributed by atoms with Gasteiger partial charge in [-0.3, -0.25) is 13.9 Å². The maximum Gasteiger partial charge on any atom is 0.583 e. The molecule has 2 aliphatic rings. The normalized spacial score (nSPS) is 31.9. The van der Waals surface area contributed by atoms with Gasteiger partial charge in [0.25, 0.3) is 0 Å². The van der Waals surface area contributed by atoms with Gasteiger partial charge in [-0.2, -0.15) is 0 Å². The quantitative estimate of drug-likeness (QED) is 0.474. The van der Waals surface area contributed by atoms with E-state index in [1.54, 1.807) is 24.3 Å². The topological polar surface area (TPSA) is 148 Å². The third-order valence-corrected chi connectivity index (χ3v) is 6.50. The molecule has 1 aromatic rings. The van der Waals surface area contributed by atoms with Crippen molar-refractivity contribution < 1.29 is 56.0 Å². The summed E-state index contributed by atoms with van der Waals surface area (Å²) in [7, 11) is -8.72. The van der Waals surface area contributed by atoms with Crippen LogP contribution in [0.2, 0.25) is 0 Å². The number of hydrogen-bond donors (Lipinski definition) is 2. The Balaban J connectivity index is 1.65. The molecular weight excluding hydrogens is 494 g/mol. The van der Waals surface area contributed by atoms with Crippen LogP contribution in [0.3, 0.4) is 0 Å². The number of rotatable bonds is 0. The Bertz CT molecular complexity index is 921. The molecule has 4 unspecified atom stereocenters. The molecule has 3 rings (SSSR count). The molecule has 0 amide bonds. The molecule has 2 N–H and O–H groups in total. The van der Waals surface area contributed by atoms with Gasteiger partial charge < -0.3 is 32.9 Å². The van der Waals surface area contributed by atoms with Gasteiger partial charge in [-0.25, -0.2) is 9.13 Å². The van der Waals surface area contributed by atoms with E-state index in [-0.39, 0.29) is 44.4 Å². The lowest BCUT2D eigenvalue weighted by Crippen LogP contribution is -2.34. The third-order valence-electron chi connectivity index (χ3n) is 4.70. The predicted molar refractivity (Wildman–Crippen MR) is 118 cm³/mol. The van der Waals surface area contributed by atoms with Crippen molar-refractivity contribution in [1.29, 1.82) is 0 Å². The van der Waals surface area contributed by atoms with Crippen molar-refractivity contribution in [3.8, 4) is 11.5 Å². The monoisotopic (exact) mass is 522 g/mol. The van der Waals surface area contributed by atoms with Gasteiger partial charge in [-0.1, -0.05) is 18.6 Å². The average Bonchev–Trinajstić information content (AvgIpc) is 2.81. The molecule has 0 saturated heterocycles. The van der Waals surface area contributed by atoms with Crippen LogP contribution in [0.5, 0.6) is 11.5 Å². The first-order valence-electron chi connectivity index (χ1n) is 10.6. The molecule has 12 nitrogen and oxygen atoms in total. The molecule has 0 radical (unpaired) electrons. The van der Waals surface area contributed by atoms with E-state index in [4.69, 9.17) is 37.0 Å². The number of phosphoric ester groups is 2. The van der Waals surface area contributed by atoms with E-state index in [2.05, 4.69) is 0 Å². The zero-order chi connectivity index (χ0) is 24.3. The summed E-state index contributed by atoms with van der Waals surface area (Å²) in [4.78, 5) is 19.6. The fourth-order valence-electron chi connectivity index (χ4n) is 3.23. The largest absolute Gasteiger partial charge is 0.583 e. The third kappa shape index (κ3) is 9.31. The minimum absolute atomic E-state index is 0.0475. The lowest BCUT2D eigenvalue weighted by molar-refractivity contribution is -0.0721. The molecule has 1 aliphatic heterocycles. The molecule has 1 saturated carbocycles. The molecule has 14 heteroatoms. The summed E-state index contributed by atoms with van der Waals surface area (Å²) < 4.78 is 65.5. The van der Waals surface area contributed by atoms with Crippen LogP contribution in [-0.2, 0) is 36.7 Å². The summed E-state index contributed by atoms with van der Waals surface area (Å²) in [5.74, 6) is 0.555. The molecule has 190 valence electrons. The second-order valence-corrected chi connectivity index (χ2v) is 9.95. The molecule has 4 atom stereocenters. The lowest BCUT2D eigenvalue weighted by atomic mass is 9.94. The van der Waals surface area contributed by atoms with Crippen molar-refractivity contribution in [2.24, 2.45) is 0 Å². The highest BCUT2D eigenvalue weighted by Gasteiger charge is 2.28. The second kappa shape index (κ2) is 13.2. The van der Waals surface area contributed by atoms with Crippen LogP contribution < -0.4 is 9.47 Å². The van der Waals surface area contributed by atoms with Gasteiger partial charge in [0.15, 0.2) is 11.5 Å². The van der Waals surface area contributed by atoms with E-state index < -0.39 is 15.6 Å². The first-order chi connectivity index (χ1) is 16.3. The maximum atomic E-state index is 12.0. The van der Waals surface area contributed by atoms with Crippen LogP contribution in [0.15, 0.2) is 49.3 Å². The Morgan fingerprint density at radius 3 is 2.15 bits per heavy atom. The zero-order valence-electron chi connectivity index (χ0n) is 18.3. The Kier molecular flexibility index (Phi) is 10.3. The fourth-order valence-corrected chi connectivity index (χ4v) is 4.37. The highest BCUT2D eigenvalue weighted by atomic mass is 31.2. The van der Waals surface area contributed by atoms with Crippen LogP contribution in [0.4, 0.5) is 0 Å². The first kappa shape index (κ1) is 26.6. The van der Waals surface area contributed by atoms with Crippen molar-refractivity contribution in [3.05, 3.63) is 49.3 Å². The molecule has 1 aliphatic carbocycles. The Morgan fingerprint density at radius 2 is 1.38 bits per heavy atom. The Morgan fingerprint density at radius 1 is 0.735 bits per heavy atom. The van der Waals surface area contributed by atoms with Crippen molar-refractivity contribution in [2.45, 2.75) is 37.9 Å². The second-order valence-electron chi connectivity index (χ2n) is 7.14. The van der Waals surface area contributed by atoms with Gasteiger partial charge in [0.1, 0.15) is 37.8 Å². The number of ether oxygens (including phenoxy) is 4. The molecule has 1 fully saturated rings. The van der Waals surface area contributed by atoms with E-state index in [0.717, 1.165) is 44.3 Å². The molecule has 0 aromatic heterocycles. The molecule has 0 spiro atoms. The number of phosphoric acid groups is 2. The minimum atomic E-state index is -4.43. The fraction of sp³-hybridized carbons (Fsp3) is 0.500. The zero-order valence-corrected chi connectivity index (χ0v) is 20.1. The molecular formula is C20H28O12P2. The molecule has 34 heavy (non-hydrogen) atoms. The number of benzene rings is 1. The van der Waals surface area contributed by atoms with Crippen LogP contribution in [-0.4, -0.2) is 48.4 Å². The van der Waals surface area contributed by atoms with E-state index in [1.807, 2.05) is 0 Å². The minimum Gasteiger partial charge on any atom is -0.492 e. The van der Waals surface area contributed by atoms with Gasteiger partial charge in [-0.15, -0.1) is 0 Å². The van der Waals surface area contributed by atoms with E-state index in [9.17, 15) is 18.9 Å². The first-order valence-corrected chi connectivity index (χ1v) is 13.6. The van der Waals surface area contributed by atoms with E-state index in [0.29, 0.717) is 12.2 Å². The summed E-state index contributed by atoms with van der Waals surface area (Å²) in [6, 6.07) is 6.54. The number of para-hydroxylation sites is 2. The Hall–Kier alpha value is -2.04. The summed E-state index contributed by atoms with van der Waals surface area (Å²) in [5, 5.41) is 0.